The van der Waals surface area contributed by atoms with Gasteiger partial charge in [-0.15, -0.1) is 9.55 Å². The van der Waals surface area contributed by atoms with Gasteiger partial charge in [0, 0.05) is 6.54 Å². The zero-order valence-corrected chi connectivity index (χ0v) is 29.9. The van der Waals surface area contributed by atoms with Crippen LogP contribution in [0.5, 0.6) is 0 Å². The van der Waals surface area contributed by atoms with Gasteiger partial charge in [0.1, 0.15) is 11.6 Å². The summed E-state index contributed by atoms with van der Waals surface area (Å²) in [5.41, 5.74) is -2.65. The molecular formula is C37H34F7N4O6P. The largest absolute Gasteiger partial charge is 0.460 e. The number of ether oxygens (including phenoxy) is 2. The molecule has 1 aliphatic rings. The quantitative estimate of drug-likeness (QED) is 0.0932. The van der Waals surface area contributed by atoms with Crippen molar-refractivity contribution in [2.24, 2.45) is 0 Å². The van der Waals surface area contributed by atoms with Gasteiger partial charge in [0.05, 0.1) is 49.6 Å². The summed E-state index contributed by atoms with van der Waals surface area (Å²) in [5.74, 6) is -0.586. The fourth-order valence-corrected chi connectivity index (χ4v) is 7.30. The van der Waals surface area contributed by atoms with Crippen LogP contribution in [0.4, 0.5) is 30.7 Å². The molecule has 5 aromatic rings. The van der Waals surface area contributed by atoms with E-state index in [0.29, 0.717) is 33.3 Å². The average Bonchev–Trinajstić information content (AvgIpc) is 3.54. The number of nitrogens with one attached hydrogen (secondary N) is 1. The van der Waals surface area contributed by atoms with Crippen LogP contribution in [0, 0.1) is 5.82 Å². The van der Waals surface area contributed by atoms with Gasteiger partial charge in [-0.25, -0.2) is 13.8 Å². The first-order chi connectivity index (χ1) is 26.1. The van der Waals surface area contributed by atoms with E-state index in [1.54, 1.807) is 65.6 Å². The lowest BCUT2D eigenvalue weighted by Crippen LogP contribution is -2.46. The van der Waals surface area contributed by atoms with Crippen molar-refractivity contribution in [3.05, 3.63) is 159 Å². The van der Waals surface area contributed by atoms with Crippen molar-refractivity contribution in [1.82, 2.24) is 19.4 Å². The maximum absolute atomic E-state index is 14.3. The van der Waals surface area contributed by atoms with E-state index in [4.69, 9.17) is 18.5 Å². The molecule has 1 fully saturated rings. The second kappa shape index (κ2) is 16.6. The van der Waals surface area contributed by atoms with Crippen LogP contribution in [-0.2, 0) is 55.2 Å². The van der Waals surface area contributed by atoms with E-state index in [1.165, 1.54) is 19.1 Å². The third-order valence-electron chi connectivity index (χ3n) is 8.65. The predicted molar refractivity (Wildman–Crippen MR) is 184 cm³/mol. The molecule has 4 aromatic carbocycles. The van der Waals surface area contributed by atoms with Crippen LogP contribution in [-0.4, -0.2) is 38.9 Å². The van der Waals surface area contributed by atoms with Gasteiger partial charge in [-0.05, 0) is 59.5 Å². The molecule has 3 atom stereocenters. The highest BCUT2D eigenvalue weighted by Gasteiger charge is 2.40. The summed E-state index contributed by atoms with van der Waals surface area (Å²) in [6.45, 7) is 0.855. The van der Waals surface area contributed by atoms with Crippen LogP contribution < -0.4 is 5.69 Å². The highest BCUT2D eigenvalue weighted by atomic mass is 31.2. The third-order valence-corrected chi connectivity index (χ3v) is 10.3. The van der Waals surface area contributed by atoms with Gasteiger partial charge < -0.3 is 9.47 Å². The Bertz CT molecular complexity index is 2070. The monoisotopic (exact) mass is 794 g/mol. The lowest BCUT2D eigenvalue weighted by Gasteiger charge is -2.41. The van der Waals surface area contributed by atoms with E-state index in [9.17, 15) is 40.1 Å². The molecule has 6 rings (SSSR count). The smallest absolute Gasteiger partial charge is 0.349 e. The molecule has 292 valence electrons. The molecule has 1 saturated heterocycles. The SMILES string of the molecule is C[C@@H](O[C@H]1OCCN(Cc2nn(P(=O)(OCc3ccccc3)OCc3ccccc3)c(=O)[nH]2)[C@H]1c1ccc(F)cc1)c1cc(C(F)(F)F)cc(C(F)(F)F)c1. The first kappa shape index (κ1) is 40.0. The number of nitrogens with zero attached hydrogens (tertiary/aromatic N) is 3. The molecular weight excluding hydrogens is 760 g/mol. The molecule has 0 unspecified atom stereocenters. The fraction of sp³-hybridized carbons (Fsp3) is 0.297. The summed E-state index contributed by atoms with van der Waals surface area (Å²) in [5, 5.41) is 4.28. The third kappa shape index (κ3) is 9.97. The van der Waals surface area contributed by atoms with E-state index in [1.807, 2.05) is 0 Å². The molecule has 1 aromatic heterocycles. The number of morpholine rings is 1. The first-order valence-electron chi connectivity index (χ1n) is 16.8. The highest BCUT2D eigenvalue weighted by Crippen LogP contribution is 2.49. The molecule has 2 heterocycles. The molecule has 18 heteroatoms. The maximum atomic E-state index is 14.3. The van der Waals surface area contributed by atoms with Crippen molar-refractivity contribution in [1.29, 1.82) is 0 Å². The molecule has 1 aliphatic heterocycles. The molecule has 1 N–H and O–H groups in total. The van der Waals surface area contributed by atoms with Crippen molar-refractivity contribution in [3.63, 3.8) is 0 Å². The molecule has 0 spiro atoms. The first-order valence-corrected chi connectivity index (χ1v) is 18.3. The molecule has 0 saturated carbocycles. The fourth-order valence-electron chi connectivity index (χ4n) is 5.90. The number of aromatic nitrogens is 3. The topological polar surface area (TPSA) is 108 Å². The highest BCUT2D eigenvalue weighted by molar-refractivity contribution is 7.51. The Kier molecular flexibility index (Phi) is 12.1. The number of hydrogen-bond acceptors (Lipinski definition) is 8. The second-order valence-corrected chi connectivity index (χ2v) is 14.4. The van der Waals surface area contributed by atoms with Gasteiger partial charge in [-0.3, -0.25) is 18.9 Å². The van der Waals surface area contributed by atoms with Crippen molar-refractivity contribution in [2.45, 2.75) is 57.5 Å². The molecule has 0 radical (unpaired) electrons. The number of aromatic amines is 1. The van der Waals surface area contributed by atoms with Gasteiger partial charge in [0.15, 0.2) is 6.29 Å². The number of benzene rings is 4. The van der Waals surface area contributed by atoms with Crippen molar-refractivity contribution >= 4 is 7.75 Å². The zero-order chi connectivity index (χ0) is 39.4. The Morgan fingerprint density at radius 1 is 0.855 bits per heavy atom. The van der Waals surface area contributed by atoms with Crippen LogP contribution in [0.2, 0.25) is 0 Å². The van der Waals surface area contributed by atoms with Crippen LogP contribution in [0.25, 0.3) is 0 Å². The van der Waals surface area contributed by atoms with Crippen LogP contribution in [0.15, 0.2) is 108 Å². The second-order valence-electron chi connectivity index (χ2n) is 12.6. The number of rotatable bonds is 13. The van der Waals surface area contributed by atoms with Crippen molar-refractivity contribution < 1.29 is 53.8 Å². The number of alkyl halides is 6. The maximum Gasteiger partial charge on any atom is 0.460 e. The van der Waals surface area contributed by atoms with Gasteiger partial charge in [0.2, 0.25) is 0 Å². The minimum atomic E-state index is -5.08. The summed E-state index contributed by atoms with van der Waals surface area (Å²) in [6.07, 6.45) is -12.8. The number of H-pyrrole nitrogens is 1. The molecule has 0 aliphatic carbocycles. The number of hydrogen-bond donors (Lipinski definition) is 1. The summed E-state index contributed by atoms with van der Waals surface area (Å²) < 4.78 is 134. The van der Waals surface area contributed by atoms with Gasteiger partial charge in [-0.1, -0.05) is 72.8 Å². The Balaban J connectivity index is 1.29. The summed E-state index contributed by atoms with van der Waals surface area (Å²) in [4.78, 5) is 17.6. The van der Waals surface area contributed by atoms with Crippen LogP contribution in [0.3, 0.4) is 0 Å². The molecule has 0 bridgehead atoms. The van der Waals surface area contributed by atoms with E-state index in [2.05, 4.69) is 10.1 Å². The van der Waals surface area contributed by atoms with Crippen molar-refractivity contribution in [3.8, 4) is 0 Å². The Morgan fingerprint density at radius 3 is 1.93 bits per heavy atom. The lowest BCUT2D eigenvalue weighted by atomic mass is 10.0. The molecule has 0 amide bonds. The van der Waals surface area contributed by atoms with Crippen LogP contribution in [0.1, 0.15) is 58.3 Å². The van der Waals surface area contributed by atoms with E-state index in [0.717, 1.165) is 12.1 Å². The summed E-state index contributed by atoms with van der Waals surface area (Å²) in [6, 6.07) is 22.9. The van der Waals surface area contributed by atoms with Gasteiger partial charge >= 0.3 is 25.8 Å². The summed E-state index contributed by atoms with van der Waals surface area (Å²) >= 11 is 0. The number of halogens is 7. The minimum absolute atomic E-state index is 0.00893. The standard InChI is InChI=1S/C37H34F7N4O6P/c1-24(28-18-29(36(39,40)41)20-30(19-28)37(42,43)44)54-34-33(27-12-14-31(38)15-13-27)47(16-17-51-34)21-32-45-35(49)48(46-32)55(50,52-22-25-8-4-2-5-9-25)53-23-26-10-6-3-7-11-26/h2-15,18-20,24,33-34H,16-17,21-23H2,1H3,(H,45,46,49)/t24-,33+,34-/m1/s1. The van der Waals surface area contributed by atoms with Crippen LogP contribution >= 0.6 is 7.75 Å². The Morgan fingerprint density at radius 2 is 1.40 bits per heavy atom. The van der Waals surface area contributed by atoms with Gasteiger partial charge in [-0.2, -0.15) is 26.3 Å². The molecule has 10 nitrogen and oxygen atoms in total. The normalized spacial score (nSPS) is 17.7. The zero-order valence-electron chi connectivity index (χ0n) is 29.0. The average molecular weight is 795 g/mol. The van der Waals surface area contributed by atoms with E-state index >= 15 is 0 Å². The van der Waals surface area contributed by atoms with E-state index < -0.39 is 66.7 Å². The summed E-state index contributed by atoms with van der Waals surface area (Å²) in [7, 11) is -4.46. The predicted octanol–water partition coefficient (Wildman–Crippen LogP) is 8.82. The Labute approximate surface area is 310 Å². The molecule has 55 heavy (non-hydrogen) atoms. The van der Waals surface area contributed by atoms with E-state index in [-0.39, 0.29) is 44.8 Å². The minimum Gasteiger partial charge on any atom is -0.349 e. The van der Waals surface area contributed by atoms with Crippen molar-refractivity contribution in [2.75, 3.05) is 13.2 Å². The van der Waals surface area contributed by atoms with Gasteiger partial charge in [0.25, 0.3) is 0 Å². The lowest BCUT2D eigenvalue weighted by molar-refractivity contribution is -0.231. The Hall–Kier alpha value is -4.64.